The first-order valence-electron chi connectivity index (χ1n) is 8.93. The molecule has 4 rings (SSSR count). The van der Waals surface area contributed by atoms with Gasteiger partial charge < -0.3 is 19.8 Å². The Morgan fingerprint density at radius 1 is 1.27 bits per heavy atom. The molecule has 2 N–H and O–H groups in total. The molecule has 1 saturated heterocycles. The van der Waals surface area contributed by atoms with E-state index < -0.39 is 0 Å². The predicted octanol–water partition coefficient (Wildman–Crippen LogP) is 2.98. The van der Waals surface area contributed by atoms with Gasteiger partial charge >= 0.3 is 0 Å². The molecule has 26 heavy (non-hydrogen) atoms. The molecular formula is C19H22N4O3. The van der Waals surface area contributed by atoms with Crippen LogP contribution in [0.25, 0.3) is 11.6 Å². The number of imidazole rings is 1. The number of nitrogens with one attached hydrogen (secondary N) is 2. The van der Waals surface area contributed by atoms with Crippen molar-refractivity contribution in [3.8, 4) is 5.88 Å². The first-order valence-corrected chi connectivity index (χ1v) is 8.93. The minimum atomic E-state index is -0.147. The number of ether oxygens (including phenoxy) is 2. The number of aromatic nitrogens is 3. The van der Waals surface area contributed by atoms with E-state index in [1.165, 1.54) is 0 Å². The van der Waals surface area contributed by atoms with E-state index in [1.807, 2.05) is 19.9 Å². The van der Waals surface area contributed by atoms with Crippen LogP contribution < -0.4 is 10.1 Å². The molecule has 7 heteroatoms. The Balaban J connectivity index is 1.62. The second-order valence-electron chi connectivity index (χ2n) is 6.86. The number of anilines is 1. The van der Waals surface area contributed by atoms with Gasteiger partial charge in [0.05, 0.1) is 35.5 Å². The zero-order valence-corrected chi connectivity index (χ0v) is 14.9. The summed E-state index contributed by atoms with van der Waals surface area (Å²) in [6, 6.07) is 1.80. The highest BCUT2D eigenvalue weighted by Crippen LogP contribution is 2.34. The summed E-state index contributed by atoms with van der Waals surface area (Å²) in [4.78, 5) is 24.4. The zero-order chi connectivity index (χ0) is 18.1. The Morgan fingerprint density at radius 2 is 2.08 bits per heavy atom. The number of hydrogen-bond donors (Lipinski definition) is 2. The van der Waals surface area contributed by atoms with Gasteiger partial charge in [-0.3, -0.25) is 4.79 Å². The van der Waals surface area contributed by atoms with Crippen molar-refractivity contribution >= 4 is 23.2 Å². The maximum absolute atomic E-state index is 12.4. The Kier molecular flexibility index (Phi) is 4.46. The molecule has 0 bridgehead atoms. The van der Waals surface area contributed by atoms with E-state index >= 15 is 0 Å². The third-order valence-corrected chi connectivity index (χ3v) is 4.54. The van der Waals surface area contributed by atoms with Crippen LogP contribution in [0.2, 0.25) is 0 Å². The fourth-order valence-corrected chi connectivity index (χ4v) is 3.28. The summed E-state index contributed by atoms with van der Waals surface area (Å²) in [5.41, 5.74) is 2.88. The number of aromatic amines is 1. The highest BCUT2D eigenvalue weighted by atomic mass is 16.5. The van der Waals surface area contributed by atoms with Crippen LogP contribution in [0.5, 0.6) is 5.88 Å². The standard InChI is InChI=1S/C19H22N4O3/c1-11(2)26-17-8-14-15(19(24)23-16(14)10-20-17)7-13-9-21-18(22-13)12-3-5-25-6-4-12/h7-12H,3-6H2,1-2H3,(H,21,22)(H,23,24)/b15-7-. The maximum Gasteiger partial charge on any atom is 0.256 e. The molecule has 2 aromatic heterocycles. The van der Waals surface area contributed by atoms with Crippen LogP contribution in [0.4, 0.5) is 5.69 Å². The van der Waals surface area contributed by atoms with Gasteiger partial charge in [0, 0.05) is 30.8 Å². The number of amides is 1. The Labute approximate surface area is 151 Å². The van der Waals surface area contributed by atoms with Crippen LogP contribution >= 0.6 is 0 Å². The number of pyridine rings is 1. The summed E-state index contributed by atoms with van der Waals surface area (Å²) < 4.78 is 11.1. The molecule has 136 valence electrons. The third kappa shape index (κ3) is 3.35. The van der Waals surface area contributed by atoms with E-state index in [9.17, 15) is 4.79 Å². The van der Waals surface area contributed by atoms with Crippen LogP contribution in [0, 0.1) is 0 Å². The van der Waals surface area contributed by atoms with Crippen LogP contribution in [0.3, 0.4) is 0 Å². The number of hydrogen-bond acceptors (Lipinski definition) is 5. The van der Waals surface area contributed by atoms with Crippen molar-refractivity contribution in [1.29, 1.82) is 0 Å². The number of carbonyl (C=O) groups is 1. The molecule has 4 heterocycles. The van der Waals surface area contributed by atoms with Gasteiger partial charge in [-0.2, -0.15) is 0 Å². The molecule has 7 nitrogen and oxygen atoms in total. The fraction of sp³-hybridized carbons (Fsp3) is 0.421. The van der Waals surface area contributed by atoms with E-state index in [1.54, 1.807) is 18.5 Å². The fourth-order valence-electron chi connectivity index (χ4n) is 3.28. The molecule has 1 amide bonds. The summed E-state index contributed by atoms with van der Waals surface area (Å²) in [5, 5.41) is 2.84. The van der Waals surface area contributed by atoms with Gasteiger partial charge in [-0.1, -0.05) is 0 Å². The third-order valence-electron chi connectivity index (χ3n) is 4.54. The maximum atomic E-state index is 12.4. The number of H-pyrrole nitrogens is 1. The van der Waals surface area contributed by atoms with E-state index in [-0.39, 0.29) is 12.0 Å². The summed E-state index contributed by atoms with van der Waals surface area (Å²) >= 11 is 0. The number of carbonyl (C=O) groups excluding carboxylic acids is 1. The average molecular weight is 354 g/mol. The molecule has 1 fully saturated rings. The summed E-state index contributed by atoms with van der Waals surface area (Å²) in [5.74, 6) is 1.70. The molecule has 0 atom stereocenters. The summed E-state index contributed by atoms with van der Waals surface area (Å²) in [7, 11) is 0. The lowest BCUT2D eigenvalue weighted by atomic mass is 10.00. The lowest BCUT2D eigenvalue weighted by Gasteiger charge is -2.19. The van der Waals surface area contributed by atoms with Gasteiger partial charge in [0.25, 0.3) is 5.91 Å². The topological polar surface area (TPSA) is 89.1 Å². The Morgan fingerprint density at radius 3 is 2.85 bits per heavy atom. The van der Waals surface area contributed by atoms with Crippen molar-refractivity contribution < 1.29 is 14.3 Å². The molecule has 2 aromatic rings. The lowest BCUT2D eigenvalue weighted by Crippen LogP contribution is -2.15. The van der Waals surface area contributed by atoms with Crippen molar-refractivity contribution in [3.05, 3.63) is 35.5 Å². The number of fused-ring (bicyclic) bond motifs is 1. The van der Waals surface area contributed by atoms with Gasteiger partial charge in [-0.25, -0.2) is 9.97 Å². The normalized spacial score (nSPS) is 19.0. The monoisotopic (exact) mass is 354 g/mol. The van der Waals surface area contributed by atoms with Gasteiger partial charge in [-0.15, -0.1) is 0 Å². The first-order chi connectivity index (χ1) is 12.6. The number of rotatable bonds is 4. The minimum absolute atomic E-state index is 0.0210. The van der Waals surface area contributed by atoms with E-state index in [0.29, 0.717) is 23.1 Å². The van der Waals surface area contributed by atoms with E-state index in [2.05, 4.69) is 20.3 Å². The highest BCUT2D eigenvalue weighted by molar-refractivity contribution is 6.34. The molecule has 0 unspecified atom stereocenters. The van der Waals surface area contributed by atoms with Crippen LogP contribution in [0.15, 0.2) is 18.5 Å². The zero-order valence-electron chi connectivity index (χ0n) is 14.9. The molecule has 0 aromatic carbocycles. The summed E-state index contributed by atoms with van der Waals surface area (Å²) in [6.45, 7) is 5.42. The molecule has 2 aliphatic rings. The van der Waals surface area contributed by atoms with E-state index in [0.717, 1.165) is 43.1 Å². The lowest BCUT2D eigenvalue weighted by molar-refractivity contribution is -0.110. The molecule has 0 radical (unpaired) electrons. The first kappa shape index (κ1) is 16.8. The van der Waals surface area contributed by atoms with Crippen molar-refractivity contribution in [2.45, 2.75) is 38.7 Å². The van der Waals surface area contributed by atoms with Gasteiger partial charge in [0.15, 0.2) is 0 Å². The molecule has 2 aliphatic heterocycles. The van der Waals surface area contributed by atoms with Crippen molar-refractivity contribution in [1.82, 2.24) is 15.0 Å². The Hall–Kier alpha value is -2.67. The van der Waals surface area contributed by atoms with Crippen molar-refractivity contribution in [2.24, 2.45) is 0 Å². The van der Waals surface area contributed by atoms with E-state index in [4.69, 9.17) is 9.47 Å². The van der Waals surface area contributed by atoms with Gasteiger partial charge in [-0.05, 0) is 32.8 Å². The molecule has 0 aliphatic carbocycles. The number of nitrogens with zero attached hydrogens (tertiary/aromatic N) is 2. The minimum Gasteiger partial charge on any atom is -0.475 e. The molecular weight excluding hydrogens is 332 g/mol. The second kappa shape index (κ2) is 6.92. The van der Waals surface area contributed by atoms with Crippen molar-refractivity contribution in [2.75, 3.05) is 18.5 Å². The summed E-state index contributed by atoms with van der Waals surface area (Å²) in [6.07, 6.45) is 7.19. The second-order valence-corrected chi connectivity index (χ2v) is 6.86. The van der Waals surface area contributed by atoms with Crippen LogP contribution in [0.1, 0.15) is 49.7 Å². The Bertz CT molecular complexity index is 850. The van der Waals surface area contributed by atoms with Gasteiger partial charge in [0.1, 0.15) is 5.82 Å². The highest BCUT2D eigenvalue weighted by Gasteiger charge is 2.26. The van der Waals surface area contributed by atoms with Crippen LogP contribution in [-0.2, 0) is 9.53 Å². The van der Waals surface area contributed by atoms with Crippen molar-refractivity contribution in [3.63, 3.8) is 0 Å². The van der Waals surface area contributed by atoms with Crippen LogP contribution in [-0.4, -0.2) is 40.2 Å². The van der Waals surface area contributed by atoms with Gasteiger partial charge in [0.2, 0.25) is 5.88 Å². The predicted molar refractivity (Wildman–Crippen MR) is 97.9 cm³/mol. The SMILES string of the molecule is CC(C)Oc1cc2c(cn1)NC(=O)/C2=C\c1cnc(C2CCOCC2)[nH]1. The largest absolute Gasteiger partial charge is 0.475 e. The average Bonchev–Trinajstić information content (AvgIpc) is 3.21. The smallest absolute Gasteiger partial charge is 0.256 e. The molecule has 0 saturated carbocycles. The molecule has 0 spiro atoms. The quantitative estimate of drug-likeness (QED) is 0.824.